The summed E-state index contributed by atoms with van der Waals surface area (Å²) in [7, 11) is 1.74. The van der Waals surface area contributed by atoms with Crippen molar-refractivity contribution < 1.29 is 14.5 Å². The summed E-state index contributed by atoms with van der Waals surface area (Å²) >= 11 is 0. The van der Waals surface area contributed by atoms with Gasteiger partial charge in [0.2, 0.25) is 5.78 Å². The topological polar surface area (TPSA) is 120 Å². The van der Waals surface area contributed by atoms with Crippen LogP contribution in [-0.4, -0.2) is 27.7 Å². The molecule has 0 radical (unpaired) electrons. The van der Waals surface area contributed by atoms with Crippen LogP contribution in [0.25, 0.3) is 11.1 Å². The lowest BCUT2D eigenvalue weighted by Gasteiger charge is -2.10. The van der Waals surface area contributed by atoms with Gasteiger partial charge in [0.25, 0.3) is 11.6 Å². The molecule has 1 heterocycles. The van der Waals surface area contributed by atoms with E-state index in [4.69, 9.17) is 5.73 Å². The Morgan fingerprint density at radius 2 is 2.00 bits per heavy atom. The van der Waals surface area contributed by atoms with Gasteiger partial charge >= 0.3 is 0 Å². The molecule has 1 aromatic carbocycles. The number of para-hydroxylation sites is 1. The van der Waals surface area contributed by atoms with Gasteiger partial charge in [-0.2, -0.15) is 0 Å². The van der Waals surface area contributed by atoms with Gasteiger partial charge in [-0.1, -0.05) is 12.1 Å². The number of nitrogens with one attached hydrogen (secondary N) is 1. The second kappa shape index (κ2) is 6.30. The highest BCUT2D eigenvalue weighted by molar-refractivity contribution is 6.36. The SMILES string of the molecule is Cc1cn(C)c(NCC(=O)C(N)=O)c1-c1ccccc1[N+](=O)[O-]. The number of nitro groups is 1. The van der Waals surface area contributed by atoms with Gasteiger partial charge in [0.15, 0.2) is 0 Å². The van der Waals surface area contributed by atoms with E-state index in [2.05, 4.69) is 5.32 Å². The second-order valence-electron chi connectivity index (χ2n) is 5.06. The van der Waals surface area contributed by atoms with Crippen molar-refractivity contribution in [1.82, 2.24) is 4.57 Å². The van der Waals surface area contributed by atoms with E-state index in [1.165, 1.54) is 6.07 Å². The van der Waals surface area contributed by atoms with Crippen molar-refractivity contribution in [3.63, 3.8) is 0 Å². The van der Waals surface area contributed by atoms with Crippen LogP contribution < -0.4 is 11.1 Å². The monoisotopic (exact) mass is 316 g/mol. The first-order chi connectivity index (χ1) is 10.8. The third-order valence-electron chi connectivity index (χ3n) is 3.43. The number of primary amides is 1. The van der Waals surface area contributed by atoms with Crippen molar-refractivity contribution in [2.75, 3.05) is 11.9 Å². The van der Waals surface area contributed by atoms with E-state index in [1.807, 2.05) is 6.92 Å². The second-order valence-corrected chi connectivity index (χ2v) is 5.06. The van der Waals surface area contributed by atoms with Crippen molar-refractivity contribution in [3.8, 4) is 11.1 Å². The molecule has 0 bridgehead atoms. The number of Topliss-reactive ketones (excluding diaryl/α,β-unsaturated/α-hetero) is 1. The highest BCUT2D eigenvalue weighted by Crippen LogP contribution is 2.37. The van der Waals surface area contributed by atoms with Gasteiger partial charge in [0, 0.05) is 24.9 Å². The third kappa shape index (κ3) is 3.20. The fraction of sp³-hybridized carbons (Fsp3) is 0.200. The van der Waals surface area contributed by atoms with Gasteiger partial charge < -0.3 is 15.6 Å². The van der Waals surface area contributed by atoms with E-state index >= 15 is 0 Å². The summed E-state index contributed by atoms with van der Waals surface area (Å²) in [6.07, 6.45) is 1.78. The summed E-state index contributed by atoms with van der Waals surface area (Å²) in [5, 5.41) is 14.1. The Labute approximate surface area is 132 Å². The van der Waals surface area contributed by atoms with Crippen molar-refractivity contribution >= 4 is 23.2 Å². The van der Waals surface area contributed by atoms with Crippen molar-refractivity contribution in [2.24, 2.45) is 12.8 Å². The van der Waals surface area contributed by atoms with Gasteiger partial charge in [-0.25, -0.2) is 0 Å². The number of hydrogen-bond donors (Lipinski definition) is 2. The number of aromatic nitrogens is 1. The average Bonchev–Trinajstić information content (AvgIpc) is 2.78. The lowest BCUT2D eigenvalue weighted by Crippen LogP contribution is -2.29. The minimum absolute atomic E-state index is 0.0360. The number of hydrogen-bond acceptors (Lipinski definition) is 5. The molecule has 0 unspecified atom stereocenters. The molecule has 1 amide bonds. The van der Waals surface area contributed by atoms with E-state index < -0.39 is 16.6 Å². The fourth-order valence-electron chi connectivity index (χ4n) is 2.43. The molecule has 0 fully saturated rings. The number of ketones is 1. The van der Waals surface area contributed by atoms with E-state index in [0.717, 1.165) is 5.56 Å². The number of nitro benzene ring substituents is 1. The molecule has 0 saturated carbocycles. The Morgan fingerprint density at radius 1 is 1.35 bits per heavy atom. The summed E-state index contributed by atoms with van der Waals surface area (Å²) < 4.78 is 1.70. The molecule has 8 heteroatoms. The molecular formula is C15H16N4O4. The van der Waals surface area contributed by atoms with Gasteiger partial charge in [-0.3, -0.25) is 19.7 Å². The number of carbonyl (C=O) groups excluding carboxylic acids is 2. The highest BCUT2D eigenvalue weighted by Gasteiger charge is 2.22. The maximum absolute atomic E-state index is 11.4. The average molecular weight is 316 g/mol. The zero-order valence-corrected chi connectivity index (χ0v) is 12.7. The fourth-order valence-corrected chi connectivity index (χ4v) is 2.43. The Bertz CT molecular complexity index is 795. The molecule has 120 valence electrons. The van der Waals surface area contributed by atoms with Crippen LogP contribution in [0, 0.1) is 17.0 Å². The lowest BCUT2D eigenvalue weighted by molar-refractivity contribution is -0.384. The number of benzene rings is 1. The molecule has 0 aliphatic heterocycles. The molecule has 2 rings (SSSR count). The van der Waals surface area contributed by atoms with Gasteiger partial charge in [0.1, 0.15) is 5.82 Å². The molecule has 3 N–H and O–H groups in total. The summed E-state index contributed by atoms with van der Waals surface area (Å²) in [4.78, 5) is 33.0. The summed E-state index contributed by atoms with van der Waals surface area (Å²) in [6.45, 7) is 1.54. The quantitative estimate of drug-likeness (QED) is 0.474. The van der Waals surface area contributed by atoms with Gasteiger partial charge in [-0.15, -0.1) is 0 Å². The van der Waals surface area contributed by atoms with Crippen LogP contribution in [0.15, 0.2) is 30.5 Å². The maximum atomic E-state index is 11.4. The Kier molecular flexibility index (Phi) is 4.44. The maximum Gasteiger partial charge on any atom is 0.286 e. The summed E-state index contributed by atoms with van der Waals surface area (Å²) in [6, 6.07) is 6.35. The van der Waals surface area contributed by atoms with Gasteiger partial charge in [0.05, 0.1) is 17.0 Å². The molecule has 0 aliphatic carbocycles. The molecule has 0 spiro atoms. The number of nitrogens with zero attached hydrogens (tertiary/aromatic N) is 2. The minimum Gasteiger partial charge on any atom is -0.363 e. The van der Waals surface area contributed by atoms with Gasteiger partial charge in [-0.05, 0) is 18.6 Å². The van der Waals surface area contributed by atoms with E-state index in [9.17, 15) is 19.7 Å². The zero-order valence-electron chi connectivity index (χ0n) is 12.7. The van der Waals surface area contributed by atoms with E-state index in [0.29, 0.717) is 16.9 Å². The van der Waals surface area contributed by atoms with Crippen LogP contribution >= 0.6 is 0 Å². The standard InChI is InChI=1S/C15H16N4O4/c1-9-8-18(2)15(17-7-12(20)14(16)21)13(9)10-5-3-4-6-11(10)19(22)23/h3-6,8,17H,7H2,1-2H3,(H2,16,21). The molecule has 2 aromatic rings. The van der Waals surface area contributed by atoms with E-state index in [1.54, 1.807) is 36.0 Å². The number of rotatable bonds is 6. The highest BCUT2D eigenvalue weighted by atomic mass is 16.6. The number of aryl methyl sites for hydroxylation is 2. The molecule has 0 saturated heterocycles. The molecule has 0 aliphatic rings. The van der Waals surface area contributed by atoms with Crippen LogP contribution in [0.3, 0.4) is 0 Å². The Hall–Kier alpha value is -3.16. The molecule has 8 nitrogen and oxygen atoms in total. The first-order valence-corrected chi connectivity index (χ1v) is 6.79. The van der Waals surface area contributed by atoms with Crippen LogP contribution in [-0.2, 0) is 16.6 Å². The van der Waals surface area contributed by atoms with Crippen LogP contribution in [0.2, 0.25) is 0 Å². The zero-order chi connectivity index (χ0) is 17.1. The lowest BCUT2D eigenvalue weighted by atomic mass is 10.0. The van der Waals surface area contributed by atoms with Crippen LogP contribution in [0.4, 0.5) is 11.5 Å². The van der Waals surface area contributed by atoms with Crippen molar-refractivity contribution in [2.45, 2.75) is 6.92 Å². The van der Waals surface area contributed by atoms with E-state index in [-0.39, 0.29) is 12.2 Å². The summed E-state index contributed by atoms with van der Waals surface area (Å²) in [5.74, 6) is -1.29. The van der Waals surface area contributed by atoms with Crippen LogP contribution in [0.1, 0.15) is 5.56 Å². The predicted octanol–water partition coefficient (Wildman–Crippen LogP) is 1.38. The third-order valence-corrected chi connectivity index (χ3v) is 3.43. The molecular weight excluding hydrogens is 300 g/mol. The van der Waals surface area contributed by atoms with Crippen LogP contribution in [0.5, 0.6) is 0 Å². The number of carbonyl (C=O) groups is 2. The smallest absolute Gasteiger partial charge is 0.286 e. The molecule has 0 atom stereocenters. The number of amides is 1. The minimum atomic E-state index is -1.03. The first kappa shape index (κ1) is 16.2. The normalized spacial score (nSPS) is 10.3. The predicted molar refractivity (Wildman–Crippen MR) is 84.9 cm³/mol. The molecule has 23 heavy (non-hydrogen) atoms. The number of anilines is 1. The largest absolute Gasteiger partial charge is 0.363 e. The Balaban J connectivity index is 2.50. The Morgan fingerprint density at radius 3 is 2.61 bits per heavy atom. The van der Waals surface area contributed by atoms with Crippen molar-refractivity contribution in [3.05, 3.63) is 46.1 Å². The van der Waals surface area contributed by atoms with Crippen molar-refractivity contribution in [1.29, 1.82) is 0 Å². The summed E-state index contributed by atoms with van der Waals surface area (Å²) in [5.41, 5.74) is 6.74. The molecule has 1 aromatic heterocycles. The first-order valence-electron chi connectivity index (χ1n) is 6.79. The number of nitrogens with two attached hydrogens (primary N) is 1.